The molecule has 1 unspecified atom stereocenters. The van der Waals surface area contributed by atoms with E-state index in [9.17, 15) is 9.18 Å². The van der Waals surface area contributed by atoms with Crippen LogP contribution in [-0.2, 0) is 0 Å². The van der Waals surface area contributed by atoms with E-state index in [1.807, 2.05) is 4.90 Å². The fraction of sp³-hybridized carbons (Fsp3) is 0.533. The van der Waals surface area contributed by atoms with E-state index < -0.39 is 0 Å². The Labute approximate surface area is 124 Å². The first-order chi connectivity index (χ1) is 9.65. The SMILES string of the molecule is O=C(c1ccc(F)c(S)c1)N1CCCN2CCCC2C1. The third kappa shape index (κ3) is 2.69. The summed E-state index contributed by atoms with van der Waals surface area (Å²) in [4.78, 5) is 17.2. The summed E-state index contributed by atoms with van der Waals surface area (Å²) in [5.74, 6) is -0.392. The van der Waals surface area contributed by atoms with Crippen LogP contribution in [0.5, 0.6) is 0 Å². The van der Waals surface area contributed by atoms with Crippen molar-refractivity contribution in [2.45, 2.75) is 30.2 Å². The van der Waals surface area contributed by atoms with Gasteiger partial charge in [0.05, 0.1) is 0 Å². The molecule has 3 rings (SSSR count). The molecular weight excluding hydrogens is 275 g/mol. The fourth-order valence-corrected chi connectivity index (χ4v) is 3.43. The van der Waals surface area contributed by atoms with Crippen LogP contribution in [0.15, 0.2) is 23.1 Å². The Morgan fingerprint density at radius 3 is 2.85 bits per heavy atom. The molecule has 0 saturated carbocycles. The molecule has 0 spiro atoms. The number of benzene rings is 1. The molecule has 1 aromatic rings. The van der Waals surface area contributed by atoms with Gasteiger partial charge in [-0.2, -0.15) is 0 Å². The lowest BCUT2D eigenvalue weighted by molar-refractivity contribution is 0.0743. The molecule has 2 aliphatic rings. The van der Waals surface area contributed by atoms with Crippen LogP contribution < -0.4 is 0 Å². The molecule has 0 aliphatic carbocycles. The van der Waals surface area contributed by atoms with Gasteiger partial charge in [-0.15, -0.1) is 12.6 Å². The van der Waals surface area contributed by atoms with Gasteiger partial charge in [-0.05, 0) is 44.0 Å². The fourth-order valence-electron chi connectivity index (χ4n) is 3.22. The van der Waals surface area contributed by atoms with Crippen LogP contribution >= 0.6 is 12.6 Å². The maximum Gasteiger partial charge on any atom is 0.253 e. The Balaban J connectivity index is 1.77. The molecule has 20 heavy (non-hydrogen) atoms. The minimum atomic E-state index is -0.386. The maximum atomic E-state index is 13.2. The lowest BCUT2D eigenvalue weighted by Crippen LogP contribution is -2.39. The quantitative estimate of drug-likeness (QED) is 0.804. The summed E-state index contributed by atoms with van der Waals surface area (Å²) in [6, 6.07) is 4.89. The molecule has 2 saturated heterocycles. The van der Waals surface area contributed by atoms with Crippen molar-refractivity contribution in [2.75, 3.05) is 26.2 Å². The predicted octanol–water partition coefficient (Wildman–Crippen LogP) is 2.42. The maximum absolute atomic E-state index is 13.2. The largest absolute Gasteiger partial charge is 0.337 e. The minimum absolute atomic E-state index is 0.00551. The number of fused-ring (bicyclic) bond motifs is 1. The van der Waals surface area contributed by atoms with Crippen molar-refractivity contribution >= 4 is 18.5 Å². The van der Waals surface area contributed by atoms with Crippen LogP contribution in [0.25, 0.3) is 0 Å². The average Bonchev–Trinajstić information content (AvgIpc) is 2.78. The van der Waals surface area contributed by atoms with Gasteiger partial charge in [-0.1, -0.05) is 0 Å². The highest BCUT2D eigenvalue weighted by atomic mass is 32.1. The topological polar surface area (TPSA) is 23.6 Å². The molecule has 0 aromatic heterocycles. The van der Waals surface area contributed by atoms with Crippen molar-refractivity contribution in [1.82, 2.24) is 9.80 Å². The molecule has 1 amide bonds. The van der Waals surface area contributed by atoms with Gasteiger partial charge in [-0.3, -0.25) is 9.69 Å². The monoisotopic (exact) mass is 294 g/mol. The number of carbonyl (C=O) groups is 1. The summed E-state index contributed by atoms with van der Waals surface area (Å²) in [6.45, 7) is 3.81. The second kappa shape index (κ2) is 5.74. The summed E-state index contributed by atoms with van der Waals surface area (Å²) in [5, 5.41) is 0. The first kappa shape index (κ1) is 13.9. The third-order valence-corrected chi connectivity index (χ3v) is 4.63. The normalized spacial score (nSPS) is 23.5. The molecule has 5 heteroatoms. The van der Waals surface area contributed by atoms with E-state index in [4.69, 9.17) is 0 Å². The molecule has 1 aromatic carbocycles. The molecule has 1 atom stereocenters. The van der Waals surface area contributed by atoms with Crippen molar-refractivity contribution in [3.8, 4) is 0 Å². The van der Waals surface area contributed by atoms with E-state index in [2.05, 4.69) is 17.5 Å². The highest BCUT2D eigenvalue weighted by Gasteiger charge is 2.30. The van der Waals surface area contributed by atoms with Crippen LogP contribution in [0, 0.1) is 5.82 Å². The molecule has 108 valence electrons. The van der Waals surface area contributed by atoms with Crippen molar-refractivity contribution in [2.24, 2.45) is 0 Å². The second-order valence-electron chi connectivity index (χ2n) is 5.60. The van der Waals surface area contributed by atoms with E-state index in [1.165, 1.54) is 25.0 Å². The standard InChI is InChI=1S/C15H19FN2OS/c16-13-5-4-11(9-14(13)20)15(19)18-8-2-7-17-6-1-3-12(17)10-18/h4-5,9,12,20H,1-3,6-8,10H2. The molecule has 0 radical (unpaired) electrons. The number of amides is 1. The molecule has 2 aliphatic heterocycles. The Hall–Kier alpha value is -1.07. The summed E-state index contributed by atoms with van der Waals surface area (Å²) < 4.78 is 13.2. The van der Waals surface area contributed by atoms with Crippen LogP contribution in [0.4, 0.5) is 4.39 Å². The molecule has 0 N–H and O–H groups in total. The van der Waals surface area contributed by atoms with Gasteiger partial charge in [0.25, 0.3) is 5.91 Å². The van der Waals surface area contributed by atoms with Gasteiger partial charge in [0, 0.05) is 36.1 Å². The van der Waals surface area contributed by atoms with E-state index in [0.717, 1.165) is 32.6 Å². The van der Waals surface area contributed by atoms with Crippen molar-refractivity contribution in [3.63, 3.8) is 0 Å². The Morgan fingerprint density at radius 2 is 2.05 bits per heavy atom. The lowest BCUT2D eigenvalue weighted by Gasteiger charge is -2.25. The summed E-state index contributed by atoms with van der Waals surface area (Å²) in [6.07, 6.45) is 3.41. The zero-order valence-corrected chi connectivity index (χ0v) is 12.3. The molecule has 3 nitrogen and oxygen atoms in total. The number of halogens is 1. The van der Waals surface area contributed by atoms with Crippen LogP contribution in [0.2, 0.25) is 0 Å². The summed E-state index contributed by atoms with van der Waals surface area (Å²) >= 11 is 4.05. The van der Waals surface area contributed by atoms with E-state index >= 15 is 0 Å². The highest BCUT2D eigenvalue weighted by molar-refractivity contribution is 7.80. The van der Waals surface area contributed by atoms with Gasteiger partial charge >= 0.3 is 0 Å². The number of nitrogens with zero attached hydrogens (tertiary/aromatic N) is 2. The van der Waals surface area contributed by atoms with Gasteiger partial charge < -0.3 is 4.90 Å². The smallest absolute Gasteiger partial charge is 0.253 e. The van der Waals surface area contributed by atoms with Gasteiger partial charge in [0.1, 0.15) is 5.82 Å². The number of hydrogen-bond donors (Lipinski definition) is 1. The van der Waals surface area contributed by atoms with Crippen LogP contribution in [0.1, 0.15) is 29.6 Å². The zero-order chi connectivity index (χ0) is 14.1. The van der Waals surface area contributed by atoms with Crippen molar-refractivity contribution < 1.29 is 9.18 Å². The molecule has 2 fully saturated rings. The summed E-state index contributed by atoms with van der Waals surface area (Å²) in [7, 11) is 0. The Morgan fingerprint density at radius 1 is 1.25 bits per heavy atom. The Kier molecular flexibility index (Phi) is 3.98. The molecule has 0 bridgehead atoms. The second-order valence-corrected chi connectivity index (χ2v) is 6.08. The molecule has 2 heterocycles. The van der Waals surface area contributed by atoms with Crippen molar-refractivity contribution in [1.29, 1.82) is 0 Å². The average molecular weight is 294 g/mol. The number of thiol groups is 1. The zero-order valence-electron chi connectivity index (χ0n) is 11.4. The van der Waals surface area contributed by atoms with Gasteiger partial charge in [-0.25, -0.2) is 4.39 Å². The minimum Gasteiger partial charge on any atom is -0.337 e. The number of rotatable bonds is 1. The highest BCUT2D eigenvalue weighted by Crippen LogP contribution is 2.23. The van der Waals surface area contributed by atoms with Crippen molar-refractivity contribution in [3.05, 3.63) is 29.6 Å². The first-order valence-electron chi connectivity index (χ1n) is 7.17. The number of carbonyl (C=O) groups excluding carboxylic acids is 1. The van der Waals surface area contributed by atoms with Crippen LogP contribution in [0.3, 0.4) is 0 Å². The van der Waals surface area contributed by atoms with E-state index in [0.29, 0.717) is 11.6 Å². The first-order valence-corrected chi connectivity index (χ1v) is 7.62. The molecular formula is C15H19FN2OS. The lowest BCUT2D eigenvalue weighted by atomic mass is 10.1. The van der Waals surface area contributed by atoms with Gasteiger partial charge in [0.15, 0.2) is 0 Å². The van der Waals surface area contributed by atoms with E-state index in [1.54, 1.807) is 6.07 Å². The predicted molar refractivity (Wildman–Crippen MR) is 78.8 cm³/mol. The third-order valence-electron chi connectivity index (χ3n) is 4.28. The van der Waals surface area contributed by atoms with Crippen LogP contribution in [-0.4, -0.2) is 47.9 Å². The van der Waals surface area contributed by atoms with E-state index in [-0.39, 0.29) is 16.6 Å². The van der Waals surface area contributed by atoms with Gasteiger partial charge in [0.2, 0.25) is 0 Å². The Bertz CT molecular complexity index is 523. The summed E-state index contributed by atoms with van der Waals surface area (Å²) in [5.41, 5.74) is 0.530. The number of hydrogen-bond acceptors (Lipinski definition) is 3.